The smallest absolute Gasteiger partial charge is 0.277 e. The third-order valence-corrected chi connectivity index (χ3v) is 3.23. The number of aromatic nitrogens is 4. The van der Waals surface area contributed by atoms with Gasteiger partial charge in [0.05, 0.1) is 5.69 Å². The van der Waals surface area contributed by atoms with Gasteiger partial charge < -0.3 is 5.32 Å². The Balaban J connectivity index is 1.81. The molecule has 0 unspecified atom stereocenters. The van der Waals surface area contributed by atoms with Crippen molar-refractivity contribution in [2.24, 2.45) is 0 Å². The number of H-pyrrole nitrogens is 1. The Bertz CT molecular complexity index is 862. The number of carbonyl (C=O) groups is 1. The summed E-state index contributed by atoms with van der Waals surface area (Å²) in [5.74, 6) is -0.458. The van der Waals surface area contributed by atoms with Gasteiger partial charge in [0.25, 0.3) is 11.5 Å². The van der Waals surface area contributed by atoms with E-state index in [9.17, 15) is 9.59 Å². The predicted octanol–water partition coefficient (Wildman–Crippen LogP) is 1.16. The lowest BCUT2D eigenvalue weighted by Crippen LogP contribution is -2.29. The maximum absolute atomic E-state index is 12.2. The van der Waals surface area contributed by atoms with Crippen LogP contribution in [0.2, 0.25) is 0 Å². The van der Waals surface area contributed by atoms with E-state index in [1.165, 1.54) is 6.07 Å². The van der Waals surface area contributed by atoms with Crippen LogP contribution in [0.1, 0.15) is 15.9 Å². The van der Waals surface area contributed by atoms with E-state index >= 15 is 0 Å². The zero-order chi connectivity index (χ0) is 16.1. The fraction of sp³-hybridized carbons (Fsp3) is 0.0625. The van der Waals surface area contributed by atoms with E-state index in [0.717, 1.165) is 11.1 Å². The van der Waals surface area contributed by atoms with E-state index in [1.54, 1.807) is 49.1 Å². The average Bonchev–Trinajstić information content (AvgIpc) is 2.62. The van der Waals surface area contributed by atoms with Gasteiger partial charge in [0.2, 0.25) is 0 Å². The number of aromatic amines is 1. The van der Waals surface area contributed by atoms with Gasteiger partial charge in [0.15, 0.2) is 0 Å². The molecule has 0 aliphatic carbocycles. The highest BCUT2D eigenvalue weighted by Gasteiger charge is 2.13. The first kappa shape index (κ1) is 14.6. The summed E-state index contributed by atoms with van der Waals surface area (Å²) in [7, 11) is 0. The van der Waals surface area contributed by atoms with Crippen molar-refractivity contribution in [3.05, 3.63) is 76.6 Å². The zero-order valence-corrected chi connectivity index (χ0v) is 12.1. The summed E-state index contributed by atoms with van der Waals surface area (Å²) in [4.78, 5) is 31.9. The molecule has 7 heteroatoms. The van der Waals surface area contributed by atoms with Gasteiger partial charge in [-0.15, -0.1) is 0 Å². The highest BCUT2D eigenvalue weighted by atomic mass is 16.2. The van der Waals surface area contributed by atoms with Gasteiger partial charge in [-0.25, -0.2) is 5.10 Å². The van der Waals surface area contributed by atoms with Crippen LogP contribution in [-0.4, -0.2) is 26.1 Å². The largest absolute Gasteiger partial charge is 0.348 e. The number of carbonyl (C=O) groups excluding carboxylic acids is 1. The second-order valence-electron chi connectivity index (χ2n) is 4.77. The molecule has 0 atom stereocenters. The summed E-state index contributed by atoms with van der Waals surface area (Å²) in [6.07, 6.45) is 6.52. The maximum atomic E-state index is 12.2. The number of hydrogen-bond acceptors (Lipinski definition) is 5. The minimum atomic E-state index is -0.532. The third-order valence-electron chi connectivity index (χ3n) is 3.23. The summed E-state index contributed by atoms with van der Waals surface area (Å²) in [5, 5.41) is 9.01. The van der Waals surface area contributed by atoms with Gasteiger partial charge in [-0.3, -0.25) is 19.6 Å². The van der Waals surface area contributed by atoms with Crippen LogP contribution >= 0.6 is 0 Å². The molecular weight excluding hydrogens is 294 g/mol. The Labute approximate surface area is 131 Å². The molecular formula is C16H13N5O2. The van der Waals surface area contributed by atoms with Crippen molar-refractivity contribution in [1.82, 2.24) is 25.5 Å². The molecule has 1 amide bonds. The maximum Gasteiger partial charge on any atom is 0.277 e. The van der Waals surface area contributed by atoms with Crippen LogP contribution in [-0.2, 0) is 6.54 Å². The Morgan fingerprint density at radius 1 is 1.04 bits per heavy atom. The van der Waals surface area contributed by atoms with Gasteiger partial charge in [0, 0.05) is 36.9 Å². The molecule has 3 heterocycles. The molecule has 0 saturated carbocycles. The summed E-state index contributed by atoms with van der Waals surface area (Å²) in [5.41, 5.74) is 1.64. The Morgan fingerprint density at radius 2 is 1.70 bits per heavy atom. The van der Waals surface area contributed by atoms with Crippen molar-refractivity contribution < 1.29 is 4.79 Å². The lowest BCUT2D eigenvalue weighted by atomic mass is 10.1. The molecule has 0 aromatic carbocycles. The lowest BCUT2D eigenvalue weighted by molar-refractivity contribution is 0.0949. The molecule has 0 aliphatic heterocycles. The van der Waals surface area contributed by atoms with Crippen LogP contribution < -0.4 is 10.9 Å². The van der Waals surface area contributed by atoms with Crippen LogP contribution in [0.15, 0.2) is 59.9 Å². The van der Waals surface area contributed by atoms with Crippen LogP contribution in [0.5, 0.6) is 0 Å². The van der Waals surface area contributed by atoms with Crippen molar-refractivity contribution in [3.63, 3.8) is 0 Å². The minimum absolute atomic E-state index is 0.0147. The molecule has 3 rings (SSSR count). The minimum Gasteiger partial charge on any atom is -0.348 e. The van der Waals surface area contributed by atoms with Gasteiger partial charge in [-0.1, -0.05) is 0 Å². The summed E-state index contributed by atoms with van der Waals surface area (Å²) >= 11 is 0. The second-order valence-corrected chi connectivity index (χ2v) is 4.77. The second kappa shape index (κ2) is 6.61. The molecule has 0 spiro atoms. The van der Waals surface area contributed by atoms with Crippen LogP contribution in [0.3, 0.4) is 0 Å². The fourth-order valence-corrected chi connectivity index (χ4v) is 2.02. The number of nitrogens with one attached hydrogen (secondary N) is 2. The van der Waals surface area contributed by atoms with Crippen molar-refractivity contribution in [1.29, 1.82) is 0 Å². The Hall–Kier alpha value is -3.35. The van der Waals surface area contributed by atoms with E-state index in [2.05, 4.69) is 25.5 Å². The van der Waals surface area contributed by atoms with E-state index in [4.69, 9.17) is 0 Å². The van der Waals surface area contributed by atoms with Gasteiger partial charge in [-0.2, -0.15) is 5.10 Å². The normalized spacial score (nSPS) is 10.3. The molecule has 0 radical (unpaired) electrons. The molecule has 0 saturated heterocycles. The predicted molar refractivity (Wildman–Crippen MR) is 83.5 cm³/mol. The van der Waals surface area contributed by atoms with Crippen molar-refractivity contribution in [2.75, 3.05) is 0 Å². The molecule has 2 N–H and O–H groups in total. The molecule has 3 aromatic heterocycles. The monoisotopic (exact) mass is 307 g/mol. The molecule has 0 aliphatic rings. The van der Waals surface area contributed by atoms with E-state index in [1.807, 2.05) is 0 Å². The number of nitrogens with zero attached hydrogens (tertiary/aromatic N) is 3. The standard InChI is InChI=1S/C16H13N5O2/c22-15(19-10-11-1-5-17-6-2-11)13-9-14(20-21-16(13)23)12-3-7-18-8-4-12/h1-9H,10H2,(H,19,22)(H,21,23). The molecule has 0 fully saturated rings. The van der Waals surface area contributed by atoms with Gasteiger partial charge in [0.1, 0.15) is 5.56 Å². The Morgan fingerprint density at radius 3 is 2.39 bits per heavy atom. The SMILES string of the molecule is O=C(NCc1ccncc1)c1cc(-c2ccncc2)n[nH]c1=O. The number of pyridine rings is 2. The van der Waals surface area contributed by atoms with Gasteiger partial charge in [-0.05, 0) is 35.9 Å². The molecule has 0 bridgehead atoms. The lowest BCUT2D eigenvalue weighted by Gasteiger charge is -2.06. The summed E-state index contributed by atoms with van der Waals surface area (Å²) in [6, 6.07) is 8.55. The number of hydrogen-bond donors (Lipinski definition) is 2. The topological polar surface area (TPSA) is 101 Å². The molecule has 114 valence electrons. The fourth-order valence-electron chi connectivity index (χ4n) is 2.02. The van der Waals surface area contributed by atoms with Gasteiger partial charge >= 0.3 is 0 Å². The molecule has 23 heavy (non-hydrogen) atoms. The molecule has 7 nitrogen and oxygen atoms in total. The highest BCUT2D eigenvalue weighted by Crippen LogP contribution is 2.14. The van der Waals surface area contributed by atoms with E-state index in [-0.39, 0.29) is 5.56 Å². The van der Waals surface area contributed by atoms with E-state index in [0.29, 0.717) is 12.2 Å². The first-order valence-electron chi connectivity index (χ1n) is 6.91. The van der Waals surface area contributed by atoms with Crippen molar-refractivity contribution >= 4 is 5.91 Å². The number of amides is 1. The quantitative estimate of drug-likeness (QED) is 0.753. The zero-order valence-electron chi connectivity index (χ0n) is 12.1. The van der Waals surface area contributed by atoms with Crippen molar-refractivity contribution in [3.8, 4) is 11.3 Å². The first-order valence-corrected chi connectivity index (χ1v) is 6.91. The van der Waals surface area contributed by atoms with Crippen molar-refractivity contribution in [2.45, 2.75) is 6.54 Å². The molecule has 3 aromatic rings. The highest BCUT2D eigenvalue weighted by molar-refractivity contribution is 5.94. The third kappa shape index (κ3) is 3.46. The average molecular weight is 307 g/mol. The summed E-state index contributed by atoms with van der Waals surface area (Å²) in [6.45, 7) is 0.313. The first-order chi connectivity index (χ1) is 11.2. The van der Waals surface area contributed by atoms with Crippen LogP contribution in [0.25, 0.3) is 11.3 Å². The van der Waals surface area contributed by atoms with E-state index < -0.39 is 11.5 Å². The summed E-state index contributed by atoms with van der Waals surface area (Å²) < 4.78 is 0. The number of rotatable bonds is 4. The Kier molecular flexibility index (Phi) is 4.19. The van der Waals surface area contributed by atoms with Crippen LogP contribution in [0.4, 0.5) is 0 Å². The van der Waals surface area contributed by atoms with Crippen LogP contribution in [0, 0.1) is 0 Å².